The van der Waals surface area contributed by atoms with Gasteiger partial charge in [-0.05, 0) is 43.7 Å². The smallest absolute Gasteiger partial charge is 0.228 e. The summed E-state index contributed by atoms with van der Waals surface area (Å²) in [6.45, 7) is 9.79. The maximum atomic E-state index is 12.6. The highest BCUT2D eigenvalue weighted by Gasteiger charge is 2.19. The van der Waals surface area contributed by atoms with Crippen LogP contribution in [0.4, 0.5) is 11.4 Å². The first kappa shape index (κ1) is 18.5. The Balaban J connectivity index is 1.48. The third-order valence-electron chi connectivity index (χ3n) is 5.07. The summed E-state index contributed by atoms with van der Waals surface area (Å²) >= 11 is 0. The van der Waals surface area contributed by atoms with E-state index in [2.05, 4.69) is 41.0 Å². The molecule has 0 aliphatic carbocycles. The molecule has 26 heavy (non-hydrogen) atoms. The third kappa shape index (κ3) is 4.64. The number of hydrogen-bond acceptors (Lipinski definition) is 3. The van der Waals surface area contributed by atoms with Crippen LogP contribution in [0.25, 0.3) is 0 Å². The Hall–Kier alpha value is -2.33. The van der Waals surface area contributed by atoms with Crippen LogP contribution in [0.1, 0.15) is 18.9 Å². The number of para-hydroxylation sites is 1. The van der Waals surface area contributed by atoms with E-state index in [9.17, 15) is 4.79 Å². The van der Waals surface area contributed by atoms with Crippen LogP contribution in [-0.2, 0) is 4.79 Å². The Morgan fingerprint density at radius 1 is 1.00 bits per heavy atom. The quantitative estimate of drug-likeness (QED) is 0.796. The van der Waals surface area contributed by atoms with Crippen molar-refractivity contribution in [3.63, 3.8) is 0 Å². The van der Waals surface area contributed by atoms with Crippen LogP contribution < -0.4 is 9.80 Å². The molecule has 4 nitrogen and oxygen atoms in total. The van der Waals surface area contributed by atoms with Crippen LogP contribution in [0.15, 0.2) is 54.6 Å². The van der Waals surface area contributed by atoms with Gasteiger partial charge in [0.25, 0.3) is 0 Å². The predicted molar refractivity (Wildman–Crippen MR) is 109 cm³/mol. The molecule has 138 valence electrons. The summed E-state index contributed by atoms with van der Waals surface area (Å²) in [4.78, 5) is 19.4. The Labute approximate surface area is 157 Å². The van der Waals surface area contributed by atoms with Crippen molar-refractivity contribution in [2.24, 2.45) is 0 Å². The number of carbonyl (C=O) groups excluding carboxylic acids is 1. The highest BCUT2D eigenvalue weighted by atomic mass is 16.2. The first-order valence-corrected chi connectivity index (χ1v) is 9.57. The number of benzene rings is 2. The number of piperazine rings is 1. The molecule has 4 heteroatoms. The molecule has 1 saturated heterocycles. The zero-order valence-corrected chi connectivity index (χ0v) is 15.9. The van der Waals surface area contributed by atoms with E-state index in [1.54, 1.807) is 0 Å². The van der Waals surface area contributed by atoms with E-state index in [0.717, 1.165) is 38.4 Å². The molecule has 1 amide bonds. The number of anilines is 2. The van der Waals surface area contributed by atoms with Gasteiger partial charge in [-0.1, -0.05) is 30.3 Å². The van der Waals surface area contributed by atoms with Gasteiger partial charge in [-0.15, -0.1) is 0 Å². The van der Waals surface area contributed by atoms with Gasteiger partial charge >= 0.3 is 0 Å². The van der Waals surface area contributed by atoms with Gasteiger partial charge in [-0.3, -0.25) is 9.69 Å². The minimum Gasteiger partial charge on any atom is -0.369 e. The third-order valence-corrected chi connectivity index (χ3v) is 5.07. The summed E-state index contributed by atoms with van der Waals surface area (Å²) in [7, 11) is 0. The van der Waals surface area contributed by atoms with Crippen molar-refractivity contribution in [3.05, 3.63) is 60.2 Å². The van der Waals surface area contributed by atoms with Gasteiger partial charge in [0.05, 0.1) is 0 Å². The van der Waals surface area contributed by atoms with Crippen molar-refractivity contribution >= 4 is 17.3 Å². The number of nitrogens with zero attached hydrogens (tertiary/aromatic N) is 3. The number of amides is 1. The van der Waals surface area contributed by atoms with Crippen molar-refractivity contribution in [2.75, 3.05) is 49.1 Å². The Morgan fingerprint density at radius 2 is 1.73 bits per heavy atom. The molecule has 0 bridgehead atoms. The monoisotopic (exact) mass is 351 g/mol. The second-order valence-electron chi connectivity index (χ2n) is 6.89. The second kappa shape index (κ2) is 8.86. The van der Waals surface area contributed by atoms with Crippen molar-refractivity contribution in [3.8, 4) is 0 Å². The minimum atomic E-state index is 0.208. The van der Waals surface area contributed by atoms with Crippen molar-refractivity contribution in [2.45, 2.75) is 20.3 Å². The molecule has 0 aromatic heterocycles. The zero-order chi connectivity index (χ0) is 18.4. The lowest BCUT2D eigenvalue weighted by molar-refractivity contribution is -0.118. The minimum absolute atomic E-state index is 0.208. The SMILES string of the molecule is CCN(C(=O)CCN1CCN(c2cccc(C)c2)CC1)c1ccccc1. The Bertz CT molecular complexity index is 708. The molecule has 0 N–H and O–H groups in total. The Kier molecular flexibility index (Phi) is 6.29. The highest BCUT2D eigenvalue weighted by molar-refractivity contribution is 5.93. The molecule has 0 radical (unpaired) electrons. The molecular weight excluding hydrogens is 322 g/mol. The maximum absolute atomic E-state index is 12.6. The van der Waals surface area contributed by atoms with Crippen LogP contribution in [0.3, 0.4) is 0 Å². The van der Waals surface area contributed by atoms with Crippen LogP contribution in [0, 0.1) is 6.92 Å². The molecular formula is C22H29N3O. The van der Waals surface area contributed by atoms with E-state index < -0.39 is 0 Å². The van der Waals surface area contributed by atoms with Gasteiger partial charge < -0.3 is 9.80 Å². The average Bonchev–Trinajstić information content (AvgIpc) is 2.68. The van der Waals surface area contributed by atoms with Crippen molar-refractivity contribution in [1.29, 1.82) is 0 Å². The van der Waals surface area contributed by atoms with Crippen LogP contribution >= 0.6 is 0 Å². The highest BCUT2D eigenvalue weighted by Crippen LogP contribution is 2.18. The molecule has 1 fully saturated rings. The lowest BCUT2D eigenvalue weighted by atomic mass is 10.2. The van der Waals surface area contributed by atoms with Crippen LogP contribution in [0.2, 0.25) is 0 Å². The predicted octanol–water partition coefficient (Wildman–Crippen LogP) is 3.56. The van der Waals surface area contributed by atoms with Crippen LogP contribution in [0.5, 0.6) is 0 Å². The summed E-state index contributed by atoms with van der Waals surface area (Å²) in [5.74, 6) is 0.208. The average molecular weight is 351 g/mol. The zero-order valence-electron chi connectivity index (χ0n) is 15.9. The first-order valence-electron chi connectivity index (χ1n) is 9.57. The molecule has 2 aromatic rings. The largest absolute Gasteiger partial charge is 0.369 e. The fourth-order valence-electron chi connectivity index (χ4n) is 3.55. The van der Waals surface area contributed by atoms with Crippen molar-refractivity contribution < 1.29 is 4.79 Å². The number of aryl methyl sites for hydroxylation is 1. The maximum Gasteiger partial charge on any atom is 0.228 e. The second-order valence-corrected chi connectivity index (χ2v) is 6.89. The molecule has 2 aromatic carbocycles. The van der Waals surface area contributed by atoms with Gasteiger partial charge in [0.1, 0.15) is 0 Å². The molecule has 0 unspecified atom stereocenters. The van der Waals surface area contributed by atoms with E-state index in [1.807, 2.05) is 42.2 Å². The normalized spacial score (nSPS) is 15.1. The van der Waals surface area contributed by atoms with E-state index in [0.29, 0.717) is 13.0 Å². The lowest BCUT2D eigenvalue weighted by Gasteiger charge is -2.36. The molecule has 0 spiro atoms. The summed E-state index contributed by atoms with van der Waals surface area (Å²) < 4.78 is 0. The van der Waals surface area contributed by atoms with E-state index in [4.69, 9.17) is 0 Å². The standard InChI is InChI=1S/C22H29N3O/c1-3-25(20-9-5-4-6-10-20)22(26)12-13-23-14-16-24(17-15-23)21-11-7-8-19(2)18-21/h4-11,18H,3,12-17H2,1-2H3. The molecule has 1 heterocycles. The summed E-state index contributed by atoms with van der Waals surface area (Å²) in [6.07, 6.45) is 0.577. The van der Waals surface area contributed by atoms with E-state index in [-0.39, 0.29) is 5.91 Å². The number of hydrogen-bond donors (Lipinski definition) is 0. The lowest BCUT2D eigenvalue weighted by Crippen LogP contribution is -2.47. The first-order chi connectivity index (χ1) is 12.7. The van der Waals surface area contributed by atoms with Crippen molar-refractivity contribution in [1.82, 2.24) is 4.90 Å². The fraction of sp³-hybridized carbons (Fsp3) is 0.409. The van der Waals surface area contributed by atoms with Gasteiger partial charge in [-0.25, -0.2) is 0 Å². The number of rotatable bonds is 6. The topological polar surface area (TPSA) is 26.8 Å². The van der Waals surface area contributed by atoms with Gasteiger partial charge in [-0.2, -0.15) is 0 Å². The molecule has 1 aliphatic heterocycles. The van der Waals surface area contributed by atoms with Gasteiger partial charge in [0.15, 0.2) is 0 Å². The van der Waals surface area contributed by atoms with E-state index >= 15 is 0 Å². The van der Waals surface area contributed by atoms with Gasteiger partial charge in [0, 0.05) is 57.1 Å². The summed E-state index contributed by atoms with van der Waals surface area (Å²) in [5.41, 5.74) is 3.60. The van der Waals surface area contributed by atoms with E-state index in [1.165, 1.54) is 11.3 Å². The van der Waals surface area contributed by atoms with Crippen LogP contribution in [-0.4, -0.2) is 50.1 Å². The summed E-state index contributed by atoms with van der Waals surface area (Å²) in [5, 5.41) is 0. The molecule has 3 rings (SSSR count). The molecule has 0 atom stereocenters. The molecule has 1 aliphatic rings. The fourth-order valence-corrected chi connectivity index (χ4v) is 3.55. The van der Waals surface area contributed by atoms with Gasteiger partial charge in [0.2, 0.25) is 5.91 Å². The Morgan fingerprint density at radius 3 is 2.38 bits per heavy atom. The molecule has 0 saturated carbocycles. The summed E-state index contributed by atoms with van der Waals surface area (Å²) in [6, 6.07) is 18.6. The number of carbonyl (C=O) groups is 1.